The molecule has 0 aliphatic heterocycles. The summed E-state index contributed by atoms with van der Waals surface area (Å²) in [7, 11) is 0. The van der Waals surface area contributed by atoms with Gasteiger partial charge in [-0.3, -0.25) is 5.73 Å². The Morgan fingerprint density at radius 2 is 2.07 bits per heavy atom. The second kappa shape index (κ2) is 3.71. The van der Waals surface area contributed by atoms with E-state index in [-0.39, 0.29) is 0 Å². The van der Waals surface area contributed by atoms with Gasteiger partial charge < -0.3 is 0 Å². The predicted molar refractivity (Wildman–Crippen MR) is 53.5 cm³/mol. The second-order valence-electron chi connectivity index (χ2n) is 2.99. The van der Waals surface area contributed by atoms with Crippen molar-refractivity contribution in [1.29, 1.82) is 0 Å². The smallest absolute Gasteiger partial charge is 0.276 e. The van der Waals surface area contributed by atoms with Crippen LogP contribution in [0.25, 0.3) is 0 Å². The van der Waals surface area contributed by atoms with E-state index < -0.39 is 0 Å². The Morgan fingerprint density at radius 1 is 1.36 bits per heavy atom. The van der Waals surface area contributed by atoms with Crippen LogP contribution in [0.1, 0.15) is 5.01 Å². The van der Waals surface area contributed by atoms with Gasteiger partial charge >= 0.3 is 11.8 Å². The molecular weight excluding hydrogens is 196 g/mol. The maximum absolute atomic E-state index is 5.79. The summed E-state index contributed by atoms with van der Waals surface area (Å²) in [6.45, 7) is 2.62. The maximum atomic E-state index is 5.79. The number of hydrogen-bond donors (Lipinski definition) is 1. The number of nitrogens with two attached hydrogens (primary N) is 1. The summed E-state index contributed by atoms with van der Waals surface area (Å²) in [6, 6.07) is 5.95. The van der Waals surface area contributed by atoms with Crippen molar-refractivity contribution in [1.82, 2.24) is 5.10 Å². The first-order valence-corrected chi connectivity index (χ1v) is 5.14. The molecule has 0 saturated carbocycles. The summed E-state index contributed by atoms with van der Waals surface area (Å²) >= 11 is 1.50. The van der Waals surface area contributed by atoms with E-state index in [4.69, 9.17) is 5.73 Å². The van der Waals surface area contributed by atoms with Gasteiger partial charge in [-0.2, -0.15) is 4.57 Å². The number of aromatic nitrogens is 3. The number of pyridine rings is 1. The number of rotatable bonds is 2. The highest BCUT2D eigenvalue weighted by molar-refractivity contribution is 7.14. The number of nitrogen functional groups attached to an aromatic ring is 1. The third kappa shape index (κ3) is 1.88. The minimum absolute atomic E-state index is 0.664. The van der Waals surface area contributed by atoms with Crippen LogP contribution in [0.4, 0.5) is 5.13 Å². The van der Waals surface area contributed by atoms with Crippen molar-refractivity contribution in [3.05, 3.63) is 35.6 Å². The molecule has 0 bridgehead atoms. The van der Waals surface area contributed by atoms with Crippen molar-refractivity contribution < 1.29 is 9.25 Å². The van der Waals surface area contributed by atoms with Crippen molar-refractivity contribution in [2.24, 2.45) is 0 Å². The SMILES string of the molecule is Cc1n[n+](C[n+]2ccccc2)c(N)s1. The standard InChI is InChI=1S/C9H11N4S/c1-8-11-13(9(10)14-8)7-12-5-3-2-4-6-12/h2-6,10H,7H2,1H3/q+1/p+1. The third-order valence-electron chi connectivity index (χ3n) is 1.84. The van der Waals surface area contributed by atoms with E-state index in [1.807, 2.05) is 42.1 Å². The van der Waals surface area contributed by atoms with Crippen LogP contribution in [0.15, 0.2) is 30.6 Å². The predicted octanol–water partition coefficient (Wildman–Crippen LogP) is 0.115. The van der Waals surface area contributed by atoms with Gasteiger partial charge in [0.25, 0.3) is 0 Å². The zero-order valence-corrected chi connectivity index (χ0v) is 8.74. The highest BCUT2D eigenvalue weighted by atomic mass is 32.1. The first-order chi connectivity index (χ1) is 6.75. The summed E-state index contributed by atoms with van der Waals surface area (Å²) in [5.74, 6) is 0. The van der Waals surface area contributed by atoms with Gasteiger partial charge in [0, 0.05) is 12.1 Å². The Bertz CT molecular complexity index is 424. The molecule has 0 unspecified atom stereocenters. The average molecular weight is 208 g/mol. The number of aryl methyl sites for hydroxylation is 1. The van der Waals surface area contributed by atoms with Gasteiger partial charge in [-0.05, 0) is 18.3 Å². The topological polar surface area (TPSA) is 46.7 Å². The first-order valence-electron chi connectivity index (χ1n) is 4.33. The second-order valence-corrected chi connectivity index (χ2v) is 4.20. The lowest BCUT2D eigenvalue weighted by atomic mass is 10.5. The van der Waals surface area contributed by atoms with Crippen molar-refractivity contribution in [2.75, 3.05) is 5.73 Å². The molecule has 2 heterocycles. The van der Waals surface area contributed by atoms with Crippen molar-refractivity contribution in [3.63, 3.8) is 0 Å². The van der Waals surface area contributed by atoms with E-state index in [2.05, 4.69) is 5.10 Å². The summed E-state index contributed by atoms with van der Waals surface area (Å²) in [4.78, 5) is 0. The lowest BCUT2D eigenvalue weighted by molar-refractivity contribution is -0.930. The van der Waals surface area contributed by atoms with Crippen molar-refractivity contribution >= 4 is 16.5 Å². The van der Waals surface area contributed by atoms with Crippen LogP contribution in [-0.2, 0) is 6.67 Å². The minimum Gasteiger partial charge on any atom is -0.276 e. The normalized spacial score (nSPS) is 10.4. The van der Waals surface area contributed by atoms with Crippen LogP contribution in [-0.4, -0.2) is 5.10 Å². The molecular formula is C9H12N4S+2. The Kier molecular flexibility index (Phi) is 2.41. The Hall–Kier alpha value is -1.49. The summed E-state index contributed by atoms with van der Waals surface area (Å²) in [5.41, 5.74) is 5.79. The Labute approximate surface area is 86.2 Å². The highest BCUT2D eigenvalue weighted by Crippen LogP contribution is 2.06. The summed E-state index contributed by atoms with van der Waals surface area (Å²) in [5, 5.41) is 6.02. The molecule has 0 spiro atoms. The lowest BCUT2D eigenvalue weighted by Gasteiger charge is -1.91. The van der Waals surface area contributed by atoms with Gasteiger partial charge in [-0.15, -0.1) is 0 Å². The molecule has 0 aliphatic rings. The molecule has 2 aromatic rings. The average Bonchev–Trinajstić information content (AvgIpc) is 2.47. The van der Waals surface area contributed by atoms with Crippen LogP contribution in [0, 0.1) is 6.92 Å². The highest BCUT2D eigenvalue weighted by Gasteiger charge is 2.14. The molecule has 0 aromatic carbocycles. The summed E-state index contributed by atoms with van der Waals surface area (Å²) in [6.07, 6.45) is 3.97. The third-order valence-corrected chi connectivity index (χ3v) is 2.64. The quantitative estimate of drug-likeness (QED) is 0.712. The molecule has 0 radical (unpaired) electrons. The lowest BCUT2D eigenvalue weighted by Crippen LogP contribution is -2.53. The Balaban J connectivity index is 2.23. The van der Waals surface area contributed by atoms with Gasteiger partial charge in [-0.25, -0.2) is 0 Å². The van der Waals surface area contributed by atoms with E-state index in [1.54, 1.807) is 4.68 Å². The van der Waals surface area contributed by atoms with E-state index in [0.29, 0.717) is 6.67 Å². The van der Waals surface area contributed by atoms with Crippen molar-refractivity contribution in [2.45, 2.75) is 13.6 Å². The molecule has 4 nitrogen and oxygen atoms in total. The van der Waals surface area contributed by atoms with E-state index in [1.165, 1.54) is 11.3 Å². The van der Waals surface area contributed by atoms with Crippen LogP contribution >= 0.6 is 11.3 Å². The van der Waals surface area contributed by atoms with Crippen molar-refractivity contribution in [3.8, 4) is 0 Å². The number of anilines is 1. The molecule has 5 heteroatoms. The fourth-order valence-corrected chi connectivity index (χ4v) is 1.87. The summed E-state index contributed by atoms with van der Waals surface area (Å²) < 4.78 is 3.82. The molecule has 0 aliphatic carbocycles. The van der Waals surface area contributed by atoms with Gasteiger partial charge in [-0.1, -0.05) is 15.8 Å². The molecule has 72 valence electrons. The monoisotopic (exact) mass is 208 g/mol. The van der Waals surface area contributed by atoms with Crippen LogP contribution in [0.2, 0.25) is 0 Å². The molecule has 14 heavy (non-hydrogen) atoms. The molecule has 0 atom stereocenters. The van der Waals surface area contributed by atoms with Gasteiger partial charge in [0.1, 0.15) is 5.01 Å². The zero-order valence-electron chi connectivity index (χ0n) is 7.92. The molecule has 0 saturated heterocycles. The number of nitrogens with zero attached hydrogens (tertiary/aromatic N) is 3. The first kappa shape index (κ1) is 9.08. The molecule has 0 fully saturated rings. The van der Waals surface area contributed by atoms with E-state index >= 15 is 0 Å². The van der Waals surface area contributed by atoms with Crippen LogP contribution in [0.3, 0.4) is 0 Å². The van der Waals surface area contributed by atoms with Gasteiger partial charge in [0.05, 0.1) is 0 Å². The molecule has 2 N–H and O–H groups in total. The Morgan fingerprint density at radius 3 is 2.64 bits per heavy atom. The van der Waals surface area contributed by atoms with Gasteiger partial charge in [0.2, 0.25) is 0 Å². The zero-order chi connectivity index (χ0) is 9.97. The van der Waals surface area contributed by atoms with E-state index in [0.717, 1.165) is 10.1 Å². The fraction of sp³-hybridized carbons (Fsp3) is 0.222. The molecule has 2 rings (SSSR count). The van der Waals surface area contributed by atoms with Gasteiger partial charge in [0.15, 0.2) is 12.4 Å². The van der Waals surface area contributed by atoms with Crippen LogP contribution < -0.4 is 15.0 Å². The molecule has 0 amide bonds. The number of hydrogen-bond acceptors (Lipinski definition) is 3. The van der Waals surface area contributed by atoms with Crippen LogP contribution in [0.5, 0.6) is 0 Å². The van der Waals surface area contributed by atoms with E-state index in [9.17, 15) is 0 Å². The molecule has 2 aromatic heterocycles. The maximum Gasteiger partial charge on any atom is 0.359 e. The fourth-order valence-electron chi connectivity index (χ4n) is 1.23. The largest absolute Gasteiger partial charge is 0.359 e. The minimum atomic E-state index is 0.664.